The Labute approximate surface area is 188 Å². The van der Waals surface area contributed by atoms with E-state index in [0.29, 0.717) is 24.2 Å². The molecule has 0 saturated heterocycles. The number of hydrogen-bond acceptors (Lipinski definition) is 4. The van der Waals surface area contributed by atoms with Crippen molar-refractivity contribution >= 4 is 21.6 Å². The second-order valence-corrected chi connectivity index (χ2v) is 9.34. The molecule has 6 nitrogen and oxygen atoms in total. The van der Waals surface area contributed by atoms with Crippen LogP contribution in [0.15, 0.2) is 83.8 Å². The van der Waals surface area contributed by atoms with Crippen molar-refractivity contribution in [2.75, 3.05) is 31.9 Å². The Morgan fingerprint density at radius 3 is 2.31 bits per heavy atom. The number of anilines is 1. The summed E-state index contributed by atoms with van der Waals surface area (Å²) in [7, 11) is 0.0391. The van der Waals surface area contributed by atoms with Crippen LogP contribution in [0, 0.1) is 5.82 Å². The Balaban J connectivity index is 1.83. The predicted octanol–water partition coefficient (Wildman–Crippen LogP) is 3.83. The van der Waals surface area contributed by atoms with Gasteiger partial charge in [0.2, 0.25) is 0 Å². The van der Waals surface area contributed by atoms with Gasteiger partial charge in [0.15, 0.2) is 0 Å². The number of likely N-dealkylation sites (N-methyl/N-ethyl adjacent to an activating group) is 1. The van der Waals surface area contributed by atoms with Crippen molar-refractivity contribution in [2.45, 2.75) is 11.4 Å². The molecule has 32 heavy (non-hydrogen) atoms. The van der Waals surface area contributed by atoms with Crippen LogP contribution in [-0.4, -0.2) is 51.3 Å². The van der Waals surface area contributed by atoms with E-state index >= 15 is 0 Å². The number of halogens is 1. The van der Waals surface area contributed by atoms with Gasteiger partial charge in [-0.25, -0.2) is 12.8 Å². The summed E-state index contributed by atoms with van der Waals surface area (Å²) in [4.78, 5) is 17.0. The SMILES string of the molecule is CN(C)CCN(Cc1cccc(F)c1)C(=O)c1cccc(NS(=O)(=O)c2ccccc2)c1. The number of hydrogen-bond donors (Lipinski definition) is 1. The predicted molar refractivity (Wildman–Crippen MR) is 123 cm³/mol. The fraction of sp³-hybridized carbons (Fsp3) is 0.208. The third-order valence-electron chi connectivity index (χ3n) is 4.78. The largest absolute Gasteiger partial charge is 0.333 e. The highest BCUT2D eigenvalue weighted by molar-refractivity contribution is 7.92. The van der Waals surface area contributed by atoms with Crippen LogP contribution in [0.5, 0.6) is 0 Å². The summed E-state index contributed by atoms with van der Waals surface area (Å²) >= 11 is 0. The number of nitrogens with zero attached hydrogens (tertiary/aromatic N) is 2. The molecule has 0 bridgehead atoms. The zero-order valence-corrected chi connectivity index (χ0v) is 18.8. The zero-order chi connectivity index (χ0) is 23.1. The average molecular weight is 456 g/mol. The highest BCUT2D eigenvalue weighted by Gasteiger charge is 2.19. The van der Waals surface area contributed by atoms with Crippen molar-refractivity contribution in [3.05, 3.63) is 95.8 Å². The minimum Gasteiger partial charge on any atom is -0.333 e. The van der Waals surface area contributed by atoms with Crippen LogP contribution in [0.3, 0.4) is 0 Å². The highest BCUT2D eigenvalue weighted by atomic mass is 32.2. The van der Waals surface area contributed by atoms with Gasteiger partial charge in [0.25, 0.3) is 15.9 Å². The molecule has 168 valence electrons. The molecule has 0 spiro atoms. The molecule has 0 fully saturated rings. The maximum atomic E-state index is 13.6. The summed E-state index contributed by atoms with van der Waals surface area (Å²) in [5.41, 5.74) is 1.31. The molecule has 0 aromatic heterocycles. The smallest absolute Gasteiger partial charge is 0.261 e. The molecule has 0 saturated carbocycles. The summed E-state index contributed by atoms with van der Waals surface area (Å²) in [5, 5.41) is 0. The lowest BCUT2D eigenvalue weighted by Gasteiger charge is -2.25. The van der Waals surface area contributed by atoms with E-state index in [4.69, 9.17) is 0 Å². The van der Waals surface area contributed by atoms with Crippen LogP contribution < -0.4 is 4.72 Å². The highest BCUT2D eigenvalue weighted by Crippen LogP contribution is 2.19. The van der Waals surface area contributed by atoms with Gasteiger partial charge in [-0.1, -0.05) is 36.4 Å². The molecule has 1 N–H and O–H groups in total. The van der Waals surface area contributed by atoms with Crippen molar-refractivity contribution in [2.24, 2.45) is 0 Å². The van der Waals surface area contributed by atoms with Crippen molar-refractivity contribution in [3.8, 4) is 0 Å². The van der Waals surface area contributed by atoms with Gasteiger partial charge in [0, 0.05) is 30.9 Å². The molecule has 3 aromatic carbocycles. The number of benzene rings is 3. The fourth-order valence-corrected chi connectivity index (χ4v) is 4.21. The van der Waals surface area contributed by atoms with Crippen LogP contribution in [0.25, 0.3) is 0 Å². The standard InChI is InChI=1S/C24H26FN3O3S/c1-27(2)14-15-28(18-19-8-6-10-21(25)16-19)24(29)20-9-7-11-22(17-20)26-32(30,31)23-12-4-3-5-13-23/h3-13,16-17,26H,14-15,18H2,1-2H3. The second-order valence-electron chi connectivity index (χ2n) is 7.66. The lowest BCUT2D eigenvalue weighted by molar-refractivity contribution is 0.0732. The van der Waals surface area contributed by atoms with Gasteiger partial charge >= 0.3 is 0 Å². The molecular weight excluding hydrogens is 429 g/mol. The van der Waals surface area contributed by atoms with Crippen LogP contribution in [0.1, 0.15) is 15.9 Å². The quantitative estimate of drug-likeness (QED) is 0.532. The lowest BCUT2D eigenvalue weighted by atomic mass is 10.1. The van der Waals surface area contributed by atoms with Crippen molar-refractivity contribution in [1.29, 1.82) is 0 Å². The molecule has 3 rings (SSSR count). The van der Waals surface area contributed by atoms with Crippen LogP contribution in [0.2, 0.25) is 0 Å². The Kier molecular flexibility index (Phi) is 7.61. The van der Waals surface area contributed by atoms with E-state index in [9.17, 15) is 17.6 Å². The van der Waals surface area contributed by atoms with Gasteiger partial charge in [-0.05, 0) is 62.1 Å². The summed E-state index contributed by atoms with van der Waals surface area (Å²) in [6.45, 7) is 1.30. The molecule has 0 unspecified atom stereocenters. The Morgan fingerprint density at radius 2 is 1.62 bits per heavy atom. The number of amides is 1. The van der Waals surface area contributed by atoms with Crippen LogP contribution in [0.4, 0.5) is 10.1 Å². The summed E-state index contributed by atoms with van der Waals surface area (Å²) in [6, 6.07) is 20.5. The number of carbonyl (C=O) groups is 1. The third kappa shape index (κ3) is 6.38. The molecule has 0 aliphatic heterocycles. The van der Waals surface area contributed by atoms with E-state index < -0.39 is 10.0 Å². The molecule has 8 heteroatoms. The van der Waals surface area contributed by atoms with Gasteiger partial charge in [0.05, 0.1) is 4.90 Å². The first-order valence-electron chi connectivity index (χ1n) is 10.1. The maximum absolute atomic E-state index is 13.6. The average Bonchev–Trinajstić information content (AvgIpc) is 2.76. The monoisotopic (exact) mass is 455 g/mol. The first-order valence-corrected chi connectivity index (χ1v) is 11.6. The fourth-order valence-electron chi connectivity index (χ4n) is 3.14. The first kappa shape index (κ1) is 23.4. The van der Waals surface area contributed by atoms with Gasteiger partial charge in [0.1, 0.15) is 5.82 Å². The van der Waals surface area contributed by atoms with Crippen molar-refractivity contribution < 1.29 is 17.6 Å². The Morgan fingerprint density at radius 1 is 0.906 bits per heavy atom. The minimum absolute atomic E-state index is 0.135. The van der Waals surface area contributed by atoms with Crippen LogP contribution in [-0.2, 0) is 16.6 Å². The molecule has 0 aliphatic rings. The first-order chi connectivity index (χ1) is 15.2. The van der Waals surface area contributed by atoms with E-state index in [1.807, 2.05) is 19.0 Å². The number of nitrogens with one attached hydrogen (secondary N) is 1. The van der Waals surface area contributed by atoms with E-state index in [2.05, 4.69) is 4.72 Å². The lowest BCUT2D eigenvalue weighted by Crippen LogP contribution is -2.36. The second kappa shape index (κ2) is 10.4. The van der Waals surface area contributed by atoms with Gasteiger partial charge in [-0.15, -0.1) is 0 Å². The van der Waals surface area contributed by atoms with Crippen LogP contribution >= 0.6 is 0 Å². The molecular formula is C24H26FN3O3S. The minimum atomic E-state index is -3.77. The molecule has 1 amide bonds. The van der Waals surface area contributed by atoms with Gasteiger partial charge in [-0.2, -0.15) is 0 Å². The summed E-state index contributed by atoms with van der Waals surface area (Å²) < 4.78 is 41.4. The van der Waals surface area contributed by atoms with E-state index in [-0.39, 0.29) is 28.9 Å². The summed E-state index contributed by atoms with van der Waals surface area (Å²) in [6.07, 6.45) is 0. The summed E-state index contributed by atoms with van der Waals surface area (Å²) in [5.74, 6) is -0.628. The molecule has 0 heterocycles. The zero-order valence-electron chi connectivity index (χ0n) is 18.0. The number of carbonyl (C=O) groups excluding carboxylic acids is 1. The third-order valence-corrected chi connectivity index (χ3v) is 6.18. The Hall–Kier alpha value is -3.23. The molecule has 3 aromatic rings. The van der Waals surface area contributed by atoms with Gasteiger partial charge in [-0.3, -0.25) is 9.52 Å². The van der Waals surface area contributed by atoms with E-state index in [1.165, 1.54) is 30.3 Å². The van der Waals surface area contributed by atoms with Crippen molar-refractivity contribution in [1.82, 2.24) is 9.80 Å². The maximum Gasteiger partial charge on any atom is 0.261 e. The number of rotatable bonds is 9. The molecule has 0 atom stereocenters. The number of sulfonamides is 1. The van der Waals surface area contributed by atoms with Crippen molar-refractivity contribution in [3.63, 3.8) is 0 Å². The van der Waals surface area contributed by atoms with E-state index in [0.717, 1.165) is 0 Å². The Bertz CT molecular complexity index is 1170. The topological polar surface area (TPSA) is 69.7 Å². The van der Waals surface area contributed by atoms with E-state index in [1.54, 1.807) is 53.4 Å². The molecule has 0 aliphatic carbocycles. The normalized spacial score (nSPS) is 11.4. The molecule has 0 radical (unpaired) electrons. The van der Waals surface area contributed by atoms with Gasteiger partial charge < -0.3 is 9.80 Å².